The van der Waals surface area contributed by atoms with Crippen molar-refractivity contribution in [3.8, 4) is 0 Å². The molecule has 0 amide bonds. The van der Waals surface area contributed by atoms with Crippen molar-refractivity contribution in [1.82, 2.24) is 10.6 Å². The fraction of sp³-hybridized carbons (Fsp3) is 0.700. The maximum atomic E-state index is 3.54. The molecule has 0 aliphatic carbocycles. The maximum absolute atomic E-state index is 3.54. The molecule has 132 valence electrons. The Morgan fingerprint density at radius 2 is 1.17 bits per heavy atom. The SMILES string of the molecule is [SiH3]CCCCCCCCCCCNCCNCc1ccccc1. The fourth-order valence-corrected chi connectivity index (χ4v) is 3.37. The Hall–Kier alpha value is -0.643. The van der Waals surface area contributed by atoms with Crippen LogP contribution >= 0.6 is 0 Å². The number of benzene rings is 1. The molecule has 0 heterocycles. The van der Waals surface area contributed by atoms with E-state index in [1.54, 1.807) is 0 Å². The monoisotopic (exact) mass is 334 g/mol. The van der Waals surface area contributed by atoms with E-state index in [1.807, 2.05) is 0 Å². The van der Waals surface area contributed by atoms with E-state index < -0.39 is 0 Å². The highest BCUT2D eigenvalue weighted by Crippen LogP contribution is 2.09. The molecule has 23 heavy (non-hydrogen) atoms. The van der Waals surface area contributed by atoms with E-state index in [-0.39, 0.29) is 0 Å². The zero-order valence-corrected chi connectivity index (χ0v) is 17.3. The molecule has 0 unspecified atom stereocenters. The smallest absolute Gasteiger partial charge is 0.0206 e. The molecule has 0 atom stereocenters. The molecule has 1 aromatic carbocycles. The van der Waals surface area contributed by atoms with E-state index in [4.69, 9.17) is 0 Å². The van der Waals surface area contributed by atoms with Crippen molar-refractivity contribution in [2.75, 3.05) is 19.6 Å². The third kappa shape index (κ3) is 13.5. The molecule has 1 aromatic rings. The highest BCUT2D eigenvalue weighted by atomic mass is 28.1. The normalized spacial score (nSPS) is 11.1. The molecule has 2 N–H and O–H groups in total. The van der Waals surface area contributed by atoms with Gasteiger partial charge in [0.15, 0.2) is 0 Å². The van der Waals surface area contributed by atoms with E-state index in [9.17, 15) is 0 Å². The summed E-state index contributed by atoms with van der Waals surface area (Å²) in [5.74, 6) is 0. The second-order valence-corrected chi connectivity index (χ2v) is 7.59. The first kappa shape index (κ1) is 20.4. The Morgan fingerprint density at radius 3 is 1.83 bits per heavy atom. The summed E-state index contributed by atoms with van der Waals surface area (Å²) in [6.07, 6.45) is 13.0. The quantitative estimate of drug-likeness (QED) is 0.356. The average Bonchev–Trinajstić information content (AvgIpc) is 2.59. The summed E-state index contributed by atoms with van der Waals surface area (Å²) in [7, 11) is 1.39. The van der Waals surface area contributed by atoms with E-state index in [1.165, 1.54) is 86.2 Å². The van der Waals surface area contributed by atoms with Crippen molar-refractivity contribution in [3.63, 3.8) is 0 Å². The van der Waals surface area contributed by atoms with Gasteiger partial charge in [0.25, 0.3) is 0 Å². The standard InChI is InChI=1S/C20H38N2Si/c23-18-12-7-5-3-1-2-4-6-11-15-21-16-17-22-19-20-13-9-8-10-14-20/h8-10,13-14,21-22H,1-7,11-12,15-19H2,23H3. The number of hydrogen-bond acceptors (Lipinski definition) is 2. The Balaban J connectivity index is 1.72. The van der Waals surface area contributed by atoms with Gasteiger partial charge in [-0.1, -0.05) is 87.7 Å². The van der Waals surface area contributed by atoms with Crippen molar-refractivity contribution in [2.24, 2.45) is 0 Å². The number of hydrogen-bond donors (Lipinski definition) is 2. The van der Waals surface area contributed by atoms with Crippen LogP contribution in [-0.2, 0) is 6.54 Å². The van der Waals surface area contributed by atoms with E-state index in [2.05, 4.69) is 41.0 Å². The minimum absolute atomic E-state index is 0.975. The average molecular weight is 335 g/mol. The molecule has 0 aromatic heterocycles. The fourth-order valence-electron chi connectivity index (χ4n) is 2.87. The molecular formula is C20H38N2Si. The lowest BCUT2D eigenvalue weighted by Gasteiger charge is -2.07. The van der Waals surface area contributed by atoms with Crippen molar-refractivity contribution in [1.29, 1.82) is 0 Å². The summed E-state index contributed by atoms with van der Waals surface area (Å²) in [5, 5.41) is 7.02. The van der Waals surface area contributed by atoms with Crippen LogP contribution in [0.4, 0.5) is 0 Å². The van der Waals surface area contributed by atoms with Gasteiger partial charge in [0.05, 0.1) is 0 Å². The van der Waals surface area contributed by atoms with Crippen molar-refractivity contribution >= 4 is 10.2 Å². The Morgan fingerprint density at radius 1 is 0.609 bits per heavy atom. The summed E-state index contributed by atoms with van der Waals surface area (Å²) >= 11 is 0. The molecule has 0 bridgehead atoms. The molecule has 0 fully saturated rings. The first-order valence-corrected chi connectivity index (χ1v) is 11.3. The molecule has 3 heteroatoms. The Bertz CT molecular complexity index is 343. The highest BCUT2D eigenvalue weighted by Gasteiger charge is 1.93. The Labute approximate surface area is 147 Å². The largest absolute Gasteiger partial charge is 0.315 e. The van der Waals surface area contributed by atoms with Gasteiger partial charge in [0.1, 0.15) is 0 Å². The minimum atomic E-state index is 0.975. The van der Waals surface area contributed by atoms with Crippen LogP contribution < -0.4 is 10.6 Å². The lowest BCUT2D eigenvalue weighted by molar-refractivity contribution is 0.542. The molecule has 2 nitrogen and oxygen atoms in total. The molecule has 1 rings (SSSR count). The first-order chi connectivity index (χ1) is 11.4. The minimum Gasteiger partial charge on any atom is -0.315 e. The maximum Gasteiger partial charge on any atom is 0.0206 e. The van der Waals surface area contributed by atoms with Crippen molar-refractivity contribution < 1.29 is 0 Å². The summed E-state index contributed by atoms with van der Waals surface area (Å²) in [4.78, 5) is 0. The van der Waals surface area contributed by atoms with Crippen LogP contribution in [0.25, 0.3) is 0 Å². The zero-order valence-electron chi connectivity index (χ0n) is 15.3. The summed E-state index contributed by atoms with van der Waals surface area (Å²) in [5.41, 5.74) is 1.36. The zero-order chi connectivity index (χ0) is 16.4. The molecule has 0 aliphatic heterocycles. The molecular weight excluding hydrogens is 296 g/mol. The van der Waals surface area contributed by atoms with E-state index in [0.717, 1.165) is 19.6 Å². The number of unbranched alkanes of at least 4 members (excludes halogenated alkanes) is 8. The van der Waals surface area contributed by atoms with Crippen LogP contribution in [-0.4, -0.2) is 29.9 Å². The second kappa shape index (κ2) is 16.2. The van der Waals surface area contributed by atoms with Crippen molar-refractivity contribution in [2.45, 2.75) is 70.4 Å². The van der Waals surface area contributed by atoms with Crippen molar-refractivity contribution in [3.05, 3.63) is 35.9 Å². The van der Waals surface area contributed by atoms with Gasteiger partial charge in [-0.2, -0.15) is 0 Å². The topological polar surface area (TPSA) is 24.1 Å². The molecule has 0 spiro atoms. The highest BCUT2D eigenvalue weighted by molar-refractivity contribution is 6.08. The predicted octanol–water partition coefficient (Wildman–Crippen LogP) is 3.66. The van der Waals surface area contributed by atoms with Gasteiger partial charge in [0, 0.05) is 29.9 Å². The molecule has 0 radical (unpaired) electrons. The van der Waals surface area contributed by atoms with E-state index in [0.29, 0.717) is 0 Å². The molecule has 0 saturated heterocycles. The van der Waals surface area contributed by atoms with Gasteiger partial charge in [-0.25, -0.2) is 0 Å². The number of nitrogens with one attached hydrogen (secondary N) is 2. The third-order valence-corrected chi connectivity index (χ3v) is 5.06. The molecule has 0 aliphatic rings. The van der Waals surface area contributed by atoms with Gasteiger partial charge < -0.3 is 10.6 Å². The first-order valence-electron chi connectivity index (χ1n) is 9.89. The number of rotatable bonds is 16. The van der Waals surface area contributed by atoms with Crippen LogP contribution in [0.2, 0.25) is 6.04 Å². The van der Waals surface area contributed by atoms with Crippen LogP contribution in [0, 0.1) is 0 Å². The van der Waals surface area contributed by atoms with Crippen LogP contribution in [0.5, 0.6) is 0 Å². The van der Waals surface area contributed by atoms with E-state index >= 15 is 0 Å². The lowest BCUT2D eigenvalue weighted by Crippen LogP contribution is -2.27. The second-order valence-electron chi connectivity index (χ2n) is 6.59. The lowest BCUT2D eigenvalue weighted by atomic mass is 10.1. The summed E-state index contributed by atoms with van der Waals surface area (Å²) < 4.78 is 0. The third-order valence-electron chi connectivity index (χ3n) is 4.36. The summed E-state index contributed by atoms with van der Waals surface area (Å²) in [6, 6.07) is 12.1. The predicted molar refractivity (Wildman–Crippen MR) is 107 cm³/mol. The van der Waals surface area contributed by atoms with Gasteiger partial charge >= 0.3 is 0 Å². The van der Waals surface area contributed by atoms with Gasteiger partial charge in [-0.15, -0.1) is 0 Å². The van der Waals surface area contributed by atoms with Crippen LogP contribution in [0.1, 0.15) is 63.4 Å². The van der Waals surface area contributed by atoms with Crippen LogP contribution in [0.3, 0.4) is 0 Å². The Kier molecular flexibility index (Phi) is 14.4. The molecule has 0 saturated carbocycles. The summed E-state index contributed by atoms with van der Waals surface area (Å²) in [6.45, 7) is 4.28. The van der Waals surface area contributed by atoms with Crippen LogP contribution in [0.15, 0.2) is 30.3 Å². The van der Waals surface area contributed by atoms with Gasteiger partial charge in [-0.05, 0) is 18.5 Å². The van der Waals surface area contributed by atoms with Gasteiger partial charge in [-0.3, -0.25) is 0 Å². The van der Waals surface area contributed by atoms with Gasteiger partial charge in [0.2, 0.25) is 0 Å².